The summed E-state index contributed by atoms with van der Waals surface area (Å²) >= 11 is 0. The molecule has 5 heteroatoms. The summed E-state index contributed by atoms with van der Waals surface area (Å²) in [6.45, 7) is 2.14. The van der Waals surface area contributed by atoms with Crippen LogP contribution in [0.4, 0.5) is 5.69 Å². The van der Waals surface area contributed by atoms with Gasteiger partial charge in [0.1, 0.15) is 11.3 Å². The van der Waals surface area contributed by atoms with Crippen LogP contribution in [0.15, 0.2) is 28.7 Å². The SMILES string of the molecule is CCCCc1cc2cc(N(C)S(C)(=O)=O)ccc2o1. The molecule has 19 heavy (non-hydrogen) atoms. The second-order valence-electron chi connectivity index (χ2n) is 4.77. The third-order valence-corrected chi connectivity index (χ3v) is 4.39. The van der Waals surface area contributed by atoms with Crippen LogP contribution in [0.3, 0.4) is 0 Å². The zero-order chi connectivity index (χ0) is 14.0. The van der Waals surface area contributed by atoms with E-state index in [9.17, 15) is 8.42 Å². The molecule has 4 nitrogen and oxygen atoms in total. The summed E-state index contributed by atoms with van der Waals surface area (Å²) in [7, 11) is -1.68. The molecule has 1 heterocycles. The minimum absolute atomic E-state index is 0.651. The number of hydrogen-bond donors (Lipinski definition) is 0. The molecule has 0 radical (unpaired) electrons. The molecule has 0 bridgehead atoms. The average molecular weight is 281 g/mol. The molecule has 0 saturated carbocycles. The fourth-order valence-electron chi connectivity index (χ4n) is 1.95. The molecule has 1 aromatic heterocycles. The second kappa shape index (κ2) is 5.25. The van der Waals surface area contributed by atoms with E-state index in [-0.39, 0.29) is 0 Å². The van der Waals surface area contributed by atoms with Gasteiger partial charge in [-0.15, -0.1) is 0 Å². The number of rotatable bonds is 5. The summed E-state index contributed by atoms with van der Waals surface area (Å²) in [6, 6.07) is 7.41. The van der Waals surface area contributed by atoms with Gasteiger partial charge in [-0.05, 0) is 30.7 Å². The van der Waals surface area contributed by atoms with Crippen molar-refractivity contribution in [3.05, 3.63) is 30.0 Å². The Morgan fingerprint density at radius 1 is 1.26 bits per heavy atom. The molecule has 0 saturated heterocycles. The molecule has 1 aromatic carbocycles. The van der Waals surface area contributed by atoms with Crippen LogP contribution in [0, 0.1) is 0 Å². The Morgan fingerprint density at radius 3 is 2.63 bits per heavy atom. The van der Waals surface area contributed by atoms with Gasteiger partial charge in [0, 0.05) is 18.9 Å². The molecule has 2 aromatic rings. The van der Waals surface area contributed by atoms with Gasteiger partial charge in [0.25, 0.3) is 0 Å². The van der Waals surface area contributed by atoms with E-state index in [4.69, 9.17) is 4.42 Å². The number of furan rings is 1. The van der Waals surface area contributed by atoms with E-state index in [1.807, 2.05) is 18.2 Å². The first-order valence-electron chi connectivity index (χ1n) is 6.38. The highest BCUT2D eigenvalue weighted by molar-refractivity contribution is 7.92. The van der Waals surface area contributed by atoms with E-state index >= 15 is 0 Å². The molecule has 2 rings (SSSR count). The number of anilines is 1. The maximum atomic E-state index is 11.5. The van der Waals surface area contributed by atoms with Gasteiger partial charge in [-0.1, -0.05) is 13.3 Å². The minimum Gasteiger partial charge on any atom is -0.461 e. The number of unbranched alkanes of at least 4 members (excludes halogenated alkanes) is 1. The van der Waals surface area contributed by atoms with Crippen molar-refractivity contribution in [1.29, 1.82) is 0 Å². The zero-order valence-electron chi connectivity index (χ0n) is 11.5. The van der Waals surface area contributed by atoms with Crippen molar-refractivity contribution in [2.24, 2.45) is 0 Å². The van der Waals surface area contributed by atoms with Gasteiger partial charge < -0.3 is 4.42 Å². The highest BCUT2D eigenvalue weighted by Gasteiger charge is 2.13. The van der Waals surface area contributed by atoms with Crippen molar-refractivity contribution in [2.75, 3.05) is 17.6 Å². The molecule has 0 aliphatic heterocycles. The number of benzene rings is 1. The number of sulfonamides is 1. The lowest BCUT2D eigenvalue weighted by Gasteiger charge is -2.16. The first kappa shape index (κ1) is 13.9. The monoisotopic (exact) mass is 281 g/mol. The molecule has 0 aliphatic carbocycles. The Labute approximate surface area is 114 Å². The lowest BCUT2D eigenvalue weighted by molar-refractivity contribution is 0.536. The second-order valence-corrected chi connectivity index (χ2v) is 6.78. The van der Waals surface area contributed by atoms with Crippen LogP contribution in [0.5, 0.6) is 0 Å². The van der Waals surface area contributed by atoms with E-state index < -0.39 is 10.0 Å². The van der Waals surface area contributed by atoms with Crippen LogP contribution in [0.2, 0.25) is 0 Å². The van der Waals surface area contributed by atoms with Gasteiger partial charge >= 0.3 is 0 Å². The summed E-state index contributed by atoms with van der Waals surface area (Å²) < 4.78 is 30.0. The van der Waals surface area contributed by atoms with E-state index in [0.717, 1.165) is 36.0 Å². The average Bonchev–Trinajstić information content (AvgIpc) is 2.75. The number of hydrogen-bond acceptors (Lipinski definition) is 3. The fourth-order valence-corrected chi connectivity index (χ4v) is 2.44. The smallest absolute Gasteiger partial charge is 0.231 e. The maximum Gasteiger partial charge on any atom is 0.231 e. The van der Waals surface area contributed by atoms with E-state index in [0.29, 0.717) is 5.69 Å². The third kappa shape index (κ3) is 3.10. The molecule has 104 valence electrons. The summed E-state index contributed by atoms with van der Waals surface area (Å²) in [5.41, 5.74) is 1.45. The predicted octanol–water partition coefficient (Wildman–Crippen LogP) is 3.17. The molecular weight excluding hydrogens is 262 g/mol. The molecule has 0 atom stereocenters. The summed E-state index contributed by atoms with van der Waals surface area (Å²) in [6.07, 6.45) is 4.33. The normalized spacial score (nSPS) is 11.9. The first-order chi connectivity index (χ1) is 8.91. The quantitative estimate of drug-likeness (QED) is 0.845. The minimum atomic E-state index is -3.23. The summed E-state index contributed by atoms with van der Waals surface area (Å²) in [5, 5.41) is 0.944. The van der Waals surface area contributed by atoms with Crippen molar-refractivity contribution in [2.45, 2.75) is 26.2 Å². The largest absolute Gasteiger partial charge is 0.461 e. The topological polar surface area (TPSA) is 50.5 Å². The molecule has 0 amide bonds. The molecule has 0 fully saturated rings. The van der Waals surface area contributed by atoms with Crippen LogP contribution in [-0.2, 0) is 16.4 Å². The lowest BCUT2D eigenvalue weighted by atomic mass is 10.2. The zero-order valence-corrected chi connectivity index (χ0v) is 12.3. The first-order valence-corrected chi connectivity index (χ1v) is 8.23. The molecule has 0 spiro atoms. The van der Waals surface area contributed by atoms with Gasteiger partial charge in [0.15, 0.2) is 0 Å². The molecule has 0 aliphatic rings. The Bertz CT molecular complexity index is 673. The van der Waals surface area contributed by atoms with Crippen molar-refractivity contribution >= 4 is 26.7 Å². The Hall–Kier alpha value is -1.49. The van der Waals surface area contributed by atoms with Crippen molar-refractivity contribution in [3.8, 4) is 0 Å². The van der Waals surface area contributed by atoms with Crippen LogP contribution < -0.4 is 4.31 Å². The third-order valence-electron chi connectivity index (χ3n) is 3.19. The highest BCUT2D eigenvalue weighted by atomic mass is 32.2. The highest BCUT2D eigenvalue weighted by Crippen LogP contribution is 2.26. The van der Waals surface area contributed by atoms with Gasteiger partial charge in [-0.25, -0.2) is 8.42 Å². The molecular formula is C14H19NO3S. The van der Waals surface area contributed by atoms with Crippen LogP contribution >= 0.6 is 0 Å². The fraction of sp³-hybridized carbons (Fsp3) is 0.429. The van der Waals surface area contributed by atoms with Gasteiger partial charge in [-0.3, -0.25) is 4.31 Å². The van der Waals surface area contributed by atoms with Crippen molar-refractivity contribution in [1.82, 2.24) is 0 Å². The maximum absolute atomic E-state index is 11.5. The van der Waals surface area contributed by atoms with Gasteiger partial charge in [0.2, 0.25) is 10.0 Å². The van der Waals surface area contributed by atoms with E-state index in [2.05, 4.69) is 6.92 Å². The number of fused-ring (bicyclic) bond motifs is 1. The van der Waals surface area contributed by atoms with E-state index in [1.54, 1.807) is 13.1 Å². The summed E-state index contributed by atoms with van der Waals surface area (Å²) in [4.78, 5) is 0. The molecule has 0 N–H and O–H groups in total. The number of aryl methyl sites for hydroxylation is 1. The standard InChI is InChI=1S/C14H19NO3S/c1-4-5-6-13-10-11-9-12(7-8-14(11)18-13)15(2)19(3,16)17/h7-10H,4-6H2,1-3H3. The number of nitrogens with zero attached hydrogens (tertiary/aromatic N) is 1. The van der Waals surface area contributed by atoms with Crippen LogP contribution in [0.25, 0.3) is 11.0 Å². The van der Waals surface area contributed by atoms with Gasteiger partial charge in [0.05, 0.1) is 11.9 Å². The Kier molecular flexibility index (Phi) is 3.85. The summed E-state index contributed by atoms with van der Waals surface area (Å²) in [5.74, 6) is 0.955. The Balaban J connectivity index is 2.35. The van der Waals surface area contributed by atoms with E-state index in [1.165, 1.54) is 10.6 Å². The Morgan fingerprint density at radius 2 is 2.00 bits per heavy atom. The van der Waals surface area contributed by atoms with Gasteiger partial charge in [-0.2, -0.15) is 0 Å². The van der Waals surface area contributed by atoms with Crippen LogP contribution in [-0.4, -0.2) is 21.7 Å². The predicted molar refractivity (Wildman–Crippen MR) is 78.1 cm³/mol. The van der Waals surface area contributed by atoms with Crippen LogP contribution in [0.1, 0.15) is 25.5 Å². The van der Waals surface area contributed by atoms with Crippen molar-refractivity contribution in [3.63, 3.8) is 0 Å². The lowest BCUT2D eigenvalue weighted by Crippen LogP contribution is -2.24. The molecule has 0 unspecified atom stereocenters. The van der Waals surface area contributed by atoms with Crippen molar-refractivity contribution < 1.29 is 12.8 Å².